The maximum Gasteiger partial charge on any atom is 0.252 e. The maximum absolute atomic E-state index is 13.1. The zero-order valence-corrected chi connectivity index (χ0v) is 17.9. The number of carbonyl (C=O) groups is 1. The van der Waals surface area contributed by atoms with Crippen molar-refractivity contribution in [2.75, 3.05) is 13.1 Å². The minimum absolute atomic E-state index is 0.143. The molecule has 1 aromatic carbocycles. The van der Waals surface area contributed by atoms with E-state index < -0.39 is 15.9 Å². The molecule has 2 atom stereocenters. The molecule has 0 aliphatic carbocycles. The van der Waals surface area contributed by atoms with E-state index in [0.29, 0.717) is 30.1 Å². The number of benzene rings is 1. The van der Waals surface area contributed by atoms with Crippen LogP contribution in [0.2, 0.25) is 0 Å². The Morgan fingerprint density at radius 1 is 1.23 bits per heavy atom. The van der Waals surface area contributed by atoms with Crippen LogP contribution in [0.1, 0.15) is 24.4 Å². The molecule has 1 aliphatic rings. The van der Waals surface area contributed by atoms with E-state index in [1.165, 1.54) is 22.0 Å². The Morgan fingerprint density at radius 2 is 2.07 bits per heavy atom. The largest absolute Gasteiger partial charge is 0.347 e. The van der Waals surface area contributed by atoms with Crippen molar-refractivity contribution in [2.24, 2.45) is 5.92 Å². The predicted octanol–water partition coefficient (Wildman–Crippen LogP) is 2.30. The lowest BCUT2D eigenvalue weighted by molar-refractivity contribution is -0.127. The van der Waals surface area contributed by atoms with Gasteiger partial charge in [-0.25, -0.2) is 13.4 Å². The zero-order valence-electron chi connectivity index (χ0n) is 16.3. The highest BCUT2D eigenvalue weighted by Crippen LogP contribution is 2.27. The van der Waals surface area contributed by atoms with E-state index in [4.69, 9.17) is 0 Å². The van der Waals surface area contributed by atoms with Gasteiger partial charge < -0.3 is 5.32 Å². The Hall–Kier alpha value is -2.56. The topological polar surface area (TPSA) is 97.2 Å². The quantitative estimate of drug-likeness (QED) is 0.602. The van der Waals surface area contributed by atoms with Crippen LogP contribution < -0.4 is 5.32 Å². The number of sulfonamides is 1. The van der Waals surface area contributed by atoms with Crippen LogP contribution in [0.15, 0.2) is 64.7 Å². The monoisotopic (exact) mass is 445 g/mol. The number of carbonyl (C=O) groups excluding carboxylic acids is 1. The fraction of sp³-hybridized carbons (Fsp3) is 0.350. The third-order valence-electron chi connectivity index (χ3n) is 5.20. The van der Waals surface area contributed by atoms with E-state index >= 15 is 0 Å². The molecule has 158 valence electrons. The molecule has 0 saturated carbocycles. The normalized spacial score (nSPS) is 18.7. The van der Waals surface area contributed by atoms with Crippen molar-refractivity contribution < 1.29 is 13.2 Å². The summed E-state index contributed by atoms with van der Waals surface area (Å²) < 4.78 is 29.1. The van der Waals surface area contributed by atoms with E-state index in [1.807, 2.05) is 30.3 Å². The third kappa shape index (κ3) is 4.61. The summed E-state index contributed by atoms with van der Waals surface area (Å²) in [4.78, 5) is 17.1. The lowest BCUT2D eigenvalue weighted by Gasteiger charge is -2.32. The fourth-order valence-corrected chi connectivity index (χ4v) is 6.30. The summed E-state index contributed by atoms with van der Waals surface area (Å²) >= 11 is 1.20. The van der Waals surface area contributed by atoms with Crippen LogP contribution in [-0.2, 0) is 21.4 Å². The van der Waals surface area contributed by atoms with Crippen LogP contribution in [0.5, 0.6) is 0 Å². The van der Waals surface area contributed by atoms with Crippen LogP contribution in [0.3, 0.4) is 0 Å². The summed E-state index contributed by atoms with van der Waals surface area (Å²) in [5, 5.41) is 8.99. The van der Waals surface area contributed by atoms with Crippen molar-refractivity contribution in [3.63, 3.8) is 0 Å². The molecular formula is C20H23N5O3S2. The highest BCUT2D eigenvalue weighted by Gasteiger charge is 2.34. The number of piperidine rings is 1. The Kier molecular flexibility index (Phi) is 6.26. The molecule has 1 N–H and O–H groups in total. The van der Waals surface area contributed by atoms with Crippen LogP contribution in [0.4, 0.5) is 0 Å². The number of nitrogens with one attached hydrogen (secondary N) is 1. The number of hydrogen-bond acceptors (Lipinski definition) is 6. The number of aromatic nitrogens is 3. The minimum Gasteiger partial charge on any atom is -0.347 e. The van der Waals surface area contributed by atoms with Crippen molar-refractivity contribution >= 4 is 27.3 Å². The van der Waals surface area contributed by atoms with E-state index in [-0.39, 0.29) is 18.5 Å². The predicted molar refractivity (Wildman–Crippen MR) is 113 cm³/mol. The molecule has 1 fully saturated rings. The first kappa shape index (κ1) is 20.7. The molecule has 0 spiro atoms. The number of amides is 1. The van der Waals surface area contributed by atoms with Gasteiger partial charge in [0.1, 0.15) is 16.9 Å². The average molecular weight is 446 g/mol. The van der Waals surface area contributed by atoms with Crippen LogP contribution >= 0.6 is 11.3 Å². The minimum atomic E-state index is -3.56. The lowest BCUT2D eigenvalue weighted by Crippen LogP contribution is -2.46. The lowest BCUT2D eigenvalue weighted by atomic mass is 9.97. The van der Waals surface area contributed by atoms with Crippen LogP contribution in [-0.4, -0.2) is 46.5 Å². The Bertz CT molecular complexity index is 1050. The molecule has 0 bridgehead atoms. The van der Waals surface area contributed by atoms with Gasteiger partial charge in [0.05, 0.1) is 18.5 Å². The molecule has 4 rings (SSSR count). The first-order valence-electron chi connectivity index (χ1n) is 9.75. The van der Waals surface area contributed by atoms with Gasteiger partial charge in [-0.05, 0) is 29.9 Å². The van der Waals surface area contributed by atoms with Crippen molar-refractivity contribution in [1.29, 1.82) is 0 Å². The maximum atomic E-state index is 13.1. The molecule has 3 aromatic rings. The standard InChI is InChI=1S/C20H23N5O3S2/c26-20(17-8-4-10-25(12-17)30(27,28)19-9-5-11-29-19)23-18(13-24-15-21-14-22-24)16-6-2-1-3-7-16/h1-3,5-7,9,11,14-15,17-18H,4,8,10,12-13H2,(H,23,26). The second-order valence-electron chi connectivity index (χ2n) is 7.22. The van der Waals surface area contributed by atoms with Crippen LogP contribution in [0, 0.1) is 5.92 Å². The molecular weight excluding hydrogens is 422 g/mol. The second kappa shape index (κ2) is 9.07. The van der Waals surface area contributed by atoms with Gasteiger partial charge in [0.15, 0.2) is 0 Å². The van der Waals surface area contributed by atoms with Crippen molar-refractivity contribution in [1.82, 2.24) is 24.4 Å². The molecule has 2 unspecified atom stereocenters. The van der Waals surface area contributed by atoms with Gasteiger partial charge in [-0.3, -0.25) is 9.48 Å². The first-order chi connectivity index (χ1) is 14.5. The molecule has 1 saturated heterocycles. The summed E-state index contributed by atoms with van der Waals surface area (Å²) in [5.74, 6) is -0.537. The molecule has 1 amide bonds. The molecule has 1 aliphatic heterocycles. The van der Waals surface area contributed by atoms with Gasteiger partial charge >= 0.3 is 0 Å². The van der Waals surface area contributed by atoms with E-state index in [0.717, 1.165) is 5.56 Å². The Labute approximate surface area is 179 Å². The molecule has 2 aromatic heterocycles. The molecule has 10 heteroatoms. The van der Waals surface area contributed by atoms with Gasteiger partial charge in [-0.15, -0.1) is 11.3 Å². The van der Waals surface area contributed by atoms with E-state index in [9.17, 15) is 13.2 Å². The van der Waals surface area contributed by atoms with E-state index in [2.05, 4.69) is 15.4 Å². The Balaban J connectivity index is 1.48. The molecule has 8 nitrogen and oxygen atoms in total. The molecule has 0 radical (unpaired) electrons. The first-order valence-corrected chi connectivity index (χ1v) is 12.1. The van der Waals surface area contributed by atoms with E-state index in [1.54, 1.807) is 28.5 Å². The number of rotatable bonds is 7. The molecule has 30 heavy (non-hydrogen) atoms. The third-order valence-corrected chi connectivity index (χ3v) is 8.44. The fourth-order valence-electron chi connectivity index (χ4n) is 3.64. The van der Waals surface area contributed by atoms with Crippen LogP contribution in [0.25, 0.3) is 0 Å². The van der Waals surface area contributed by atoms with Gasteiger partial charge in [-0.1, -0.05) is 36.4 Å². The van der Waals surface area contributed by atoms with Gasteiger partial charge in [0.2, 0.25) is 5.91 Å². The average Bonchev–Trinajstić information content (AvgIpc) is 3.49. The van der Waals surface area contributed by atoms with Crippen molar-refractivity contribution in [3.8, 4) is 0 Å². The zero-order chi connectivity index (χ0) is 21.0. The smallest absolute Gasteiger partial charge is 0.252 e. The van der Waals surface area contributed by atoms with Gasteiger partial charge in [0.25, 0.3) is 10.0 Å². The number of hydrogen-bond donors (Lipinski definition) is 1. The van der Waals surface area contributed by atoms with Gasteiger partial charge in [0, 0.05) is 13.1 Å². The van der Waals surface area contributed by atoms with Gasteiger partial charge in [-0.2, -0.15) is 9.40 Å². The molecule has 3 heterocycles. The second-order valence-corrected chi connectivity index (χ2v) is 10.3. The van der Waals surface area contributed by atoms with Crippen molar-refractivity contribution in [3.05, 3.63) is 66.1 Å². The number of nitrogens with zero attached hydrogens (tertiary/aromatic N) is 4. The summed E-state index contributed by atoms with van der Waals surface area (Å²) in [6.45, 7) is 1.07. The Morgan fingerprint density at radius 3 is 2.77 bits per heavy atom. The summed E-state index contributed by atoms with van der Waals surface area (Å²) in [6, 6.07) is 12.7. The highest BCUT2D eigenvalue weighted by atomic mass is 32.2. The van der Waals surface area contributed by atoms with Crippen molar-refractivity contribution in [2.45, 2.75) is 29.6 Å². The summed E-state index contributed by atoms with van der Waals surface area (Å²) in [7, 11) is -3.56. The SMILES string of the molecule is O=C(NC(Cn1cncn1)c1ccccc1)C1CCCN(S(=O)(=O)c2cccs2)C1. The summed E-state index contributed by atoms with van der Waals surface area (Å²) in [6.07, 6.45) is 4.38. The summed E-state index contributed by atoms with van der Waals surface area (Å²) in [5.41, 5.74) is 0.959. The number of thiophene rings is 1. The highest BCUT2D eigenvalue weighted by molar-refractivity contribution is 7.91.